The van der Waals surface area contributed by atoms with Gasteiger partial charge in [0.25, 0.3) is 0 Å². The van der Waals surface area contributed by atoms with Crippen molar-refractivity contribution in [2.24, 2.45) is 0 Å². The summed E-state index contributed by atoms with van der Waals surface area (Å²) in [6.07, 6.45) is 0. The van der Waals surface area contributed by atoms with Crippen molar-refractivity contribution in [1.82, 2.24) is 0 Å². The molecule has 0 aliphatic carbocycles. The van der Waals surface area contributed by atoms with Crippen molar-refractivity contribution in [3.8, 4) is 10.4 Å². The Morgan fingerprint density at radius 3 is 2.84 bits per heavy atom. The van der Waals surface area contributed by atoms with Crippen molar-refractivity contribution in [2.75, 3.05) is 12.3 Å². The van der Waals surface area contributed by atoms with Crippen LogP contribution in [-0.4, -0.2) is 12.6 Å². The van der Waals surface area contributed by atoms with Crippen LogP contribution in [0.15, 0.2) is 28.7 Å². The van der Waals surface area contributed by atoms with Crippen LogP contribution in [0.2, 0.25) is 0 Å². The molecular formula is C13H11BrFNO2S. The van der Waals surface area contributed by atoms with Crippen molar-refractivity contribution in [3.05, 3.63) is 39.4 Å². The first kappa shape index (κ1) is 14.0. The Labute approximate surface area is 122 Å². The molecule has 2 rings (SSSR count). The lowest BCUT2D eigenvalue weighted by atomic mass is 10.2. The Kier molecular flexibility index (Phi) is 4.21. The summed E-state index contributed by atoms with van der Waals surface area (Å²) < 4.78 is 18.6. The summed E-state index contributed by atoms with van der Waals surface area (Å²) in [5.74, 6) is -0.764. The number of hydrogen-bond donors (Lipinski definition) is 1. The Bertz CT molecular complexity index is 627. The fraction of sp³-hybridized carbons (Fsp3) is 0.154. The van der Waals surface area contributed by atoms with E-state index in [2.05, 4.69) is 15.9 Å². The van der Waals surface area contributed by atoms with Gasteiger partial charge in [0.05, 0.1) is 12.3 Å². The summed E-state index contributed by atoms with van der Waals surface area (Å²) >= 11 is 4.52. The van der Waals surface area contributed by atoms with E-state index in [9.17, 15) is 9.18 Å². The Morgan fingerprint density at radius 1 is 1.47 bits per heavy atom. The molecular weight excluding hydrogens is 333 g/mol. The van der Waals surface area contributed by atoms with Crippen LogP contribution >= 0.6 is 27.3 Å². The molecule has 0 radical (unpaired) electrons. The first-order valence-electron chi connectivity index (χ1n) is 5.54. The molecule has 0 aliphatic heterocycles. The monoisotopic (exact) mass is 343 g/mol. The zero-order chi connectivity index (χ0) is 14.0. The molecule has 0 bridgehead atoms. The molecule has 100 valence electrons. The Balaban J connectivity index is 2.42. The molecule has 0 saturated carbocycles. The van der Waals surface area contributed by atoms with Crippen LogP contribution in [0.3, 0.4) is 0 Å². The van der Waals surface area contributed by atoms with Crippen molar-refractivity contribution in [2.45, 2.75) is 6.92 Å². The van der Waals surface area contributed by atoms with E-state index in [4.69, 9.17) is 10.5 Å². The second-order valence-electron chi connectivity index (χ2n) is 3.74. The molecule has 0 amide bonds. The molecule has 2 aromatic rings. The summed E-state index contributed by atoms with van der Waals surface area (Å²) in [4.78, 5) is 12.8. The second kappa shape index (κ2) is 5.71. The van der Waals surface area contributed by atoms with Crippen LogP contribution in [-0.2, 0) is 4.74 Å². The van der Waals surface area contributed by atoms with Crippen LogP contribution in [0, 0.1) is 5.82 Å². The molecule has 0 saturated heterocycles. The summed E-state index contributed by atoms with van der Waals surface area (Å²) in [6.45, 7) is 2.03. The van der Waals surface area contributed by atoms with Crippen molar-refractivity contribution >= 4 is 38.9 Å². The topological polar surface area (TPSA) is 52.3 Å². The van der Waals surface area contributed by atoms with E-state index in [0.29, 0.717) is 21.6 Å². The molecule has 1 heterocycles. The third-order valence-electron chi connectivity index (χ3n) is 2.42. The standard InChI is InChI=1S/C13H11BrFNO2S/c1-2-18-13(17)12-10(16)6-11(19-12)8-4-3-7(15)5-9(8)14/h3-6H,2,16H2,1H3. The van der Waals surface area contributed by atoms with Gasteiger partial charge in [-0.05, 0) is 31.2 Å². The smallest absolute Gasteiger partial charge is 0.350 e. The number of nitrogens with two attached hydrogens (primary N) is 1. The number of benzene rings is 1. The number of ether oxygens (including phenoxy) is 1. The number of halogens is 2. The van der Waals surface area contributed by atoms with Gasteiger partial charge in [-0.15, -0.1) is 11.3 Å². The molecule has 0 atom stereocenters. The lowest BCUT2D eigenvalue weighted by Crippen LogP contribution is -2.04. The fourth-order valence-corrected chi connectivity index (χ4v) is 3.29. The van der Waals surface area contributed by atoms with E-state index in [1.54, 1.807) is 19.1 Å². The number of nitrogen functional groups attached to an aromatic ring is 1. The van der Waals surface area contributed by atoms with Gasteiger partial charge in [-0.1, -0.05) is 15.9 Å². The summed E-state index contributed by atoms with van der Waals surface area (Å²) in [7, 11) is 0. The van der Waals surface area contributed by atoms with Gasteiger partial charge < -0.3 is 10.5 Å². The van der Waals surface area contributed by atoms with Crippen molar-refractivity contribution in [1.29, 1.82) is 0 Å². The van der Waals surface area contributed by atoms with E-state index in [1.807, 2.05) is 0 Å². The number of hydrogen-bond acceptors (Lipinski definition) is 4. The number of carbonyl (C=O) groups excluding carboxylic acids is 1. The molecule has 2 N–H and O–H groups in total. The highest BCUT2D eigenvalue weighted by Gasteiger charge is 2.17. The molecule has 1 aromatic carbocycles. The SMILES string of the molecule is CCOC(=O)c1sc(-c2ccc(F)cc2Br)cc1N. The molecule has 1 aromatic heterocycles. The number of carbonyl (C=O) groups is 1. The minimum absolute atomic E-state index is 0.297. The third kappa shape index (κ3) is 2.96. The van der Waals surface area contributed by atoms with E-state index < -0.39 is 5.97 Å². The average Bonchev–Trinajstić information content (AvgIpc) is 2.71. The highest BCUT2D eigenvalue weighted by molar-refractivity contribution is 9.10. The molecule has 0 fully saturated rings. The average molecular weight is 344 g/mol. The molecule has 6 heteroatoms. The second-order valence-corrected chi connectivity index (χ2v) is 5.65. The number of esters is 1. The fourth-order valence-electron chi connectivity index (χ4n) is 1.58. The lowest BCUT2D eigenvalue weighted by Gasteiger charge is -2.01. The summed E-state index contributed by atoms with van der Waals surface area (Å²) in [6, 6.07) is 6.06. The van der Waals surface area contributed by atoms with Crippen LogP contribution in [0.1, 0.15) is 16.6 Å². The number of thiophene rings is 1. The zero-order valence-electron chi connectivity index (χ0n) is 10.1. The number of rotatable bonds is 3. The van der Waals surface area contributed by atoms with E-state index in [1.165, 1.54) is 23.5 Å². The maximum Gasteiger partial charge on any atom is 0.350 e. The highest BCUT2D eigenvalue weighted by Crippen LogP contribution is 2.37. The van der Waals surface area contributed by atoms with Gasteiger partial charge in [0.2, 0.25) is 0 Å². The van der Waals surface area contributed by atoms with Crippen molar-refractivity contribution in [3.63, 3.8) is 0 Å². The Morgan fingerprint density at radius 2 is 2.21 bits per heavy atom. The largest absolute Gasteiger partial charge is 0.462 e. The van der Waals surface area contributed by atoms with E-state index >= 15 is 0 Å². The molecule has 3 nitrogen and oxygen atoms in total. The first-order valence-corrected chi connectivity index (χ1v) is 7.15. The minimum atomic E-state index is -0.436. The number of anilines is 1. The van der Waals surface area contributed by atoms with Gasteiger partial charge in [0, 0.05) is 14.9 Å². The molecule has 0 spiro atoms. The summed E-state index contributed by atoms with van der Waals surface area (Å²) in [5, 5.41) is 0. The van der Waals surface area contributed by atoms with Gasteiger partial charge in [-0.25, -0.2) is 9.18 Å². The predicted octanol–water partition coefficient (Wildman–Crippen LogP) is 4.08. The van der Waals surface area contributed by atoms with Crippen LogP contribution < -0.4 is 5.73 Å². The first-order chi connectivity index (χ1) is 9.02. The maximum atomic E-state index is 13.1. The van der Waals surface area contributed by atoms with Crippen molar-refractivity contribution < 1.29 is 13.9 Å². The van der Waals surface area contributed by atoms with Gasteiger partial charge in [-0.3, -0.25) is 0 Å². The lowest BCUT2D eigenvalue weighted by molar-refractivity contribution is 0.0533. The quantitative estimate of drug-likeness (QED) is 0.854. The zero-order valence-corrected chi connectivity index (χ0v) is 12.5. The highest BCUT2D eigenvalue weighted by atomic mass is 79.9. The minimum Gasteiger partial charge on any atom is -0.462 e. The molecule has 19 heavy (non-hydrogen) atoms. The molecule has 0 unspecified atom stereocenters. The van der Waals surface area contributed by atoms with Crippen LogP contribution in [0.25, 0.3) is 10.4 Å². The van der Waals surface area contributed by atoms with Crippen LogP contribution in [0.5, 0.6) is 0 Å². The van der Waals surface area contributed by atoms with E-state index in [-0.39, 0.29) is 5.82 Å². The maximum absolute atomic E-state index is 13.1. The van der Waals surface area contributed by atoms with Gasteiger partial charge in [-0.2, -0.15) is 0 Å². The molecule has 0 aliphatic rings. The van der Waals surface area contributed by atoms with Gasteiger partial charge >= 0.3 is 5.97 Å². The third-order valence-corrected chi connectivity index (χ3v) is 4.24. The normalized spacial score (nSPS) is 10.5. The predicted molar refractivity (Wildman–Crippen MR) is 77.8 cm³/mol. The Hall–Kier alpha value is -1.40. The summed E-state index contributed by atoms with van der Waals surface area (Å²) in [5.41, 5.74) is 6.97. The van der Waals surface area contributed by atoms with Crippen LogP contribution in [0.4, 0.5) is 10.1 Å². The van der Waals surface area contributed by atoms with Gasteiger partial charge in [0.1, 0.15) is 10.7 Å². The van der Waals surface area contributed by atoms with Gasteiger partial charge in [0.15, 0.2) is 0 Å². The van der Waals surface area contributed by atoms with E-state index in [0.717, 1.165) is 10.4 Å².